The van der Waals surface area contributed by atoms with Gasteiger partial charge >= 0.3 is 0 Å². The molecular weight excluding hydrogens is 260 g/mol. The quantitative estimate of drug-likeness (QED) is 0.836. The Morgan fingerprint density at radius 2 is 2.00 bits per heavy atom. The molecule has 0 aliphatic rings. The monoisotopic (exact) mass is 278 g/mol. The molecule has 0 aliphatic carbocycles. The van der Waals surface area contributed by atoms with Crippen LogP contribution in [0.1, 0.15) is 18.7 Å². The zero-order chi connectivity index (χ0) is 13.0. The Bertz CT molecular complexity index is 489. The van der Waals surface area contributed by atoms with Crippen LogP contribution in [-0.4, -0.2) is 17.3 Å². The molecule has 0 amide bonds. The molecule has 0 bridgehead atoms. The van der Waals surface area contributed by atoms with Crippen molar-refractivity contribution in [2.75, 3.05) is 6.26 Å². The molecule has 0 saturated heterocycles. The number of thioether (sulfide) groups is 1. The predicted molar refractivity (Wildman–Crippen MR) is 81.3 cm³/mol. The molecule has 1 aromatic heterocycles. The van der Waals surface area contributed by atoms with Gasteiger partial charge in [0, 0.05) is 34.1 Å². The van der Waals surface area contributed by atoms with Crippen molar-refractivity contribution in [1.82, 2.24) is 10.3 Å². The van der Waals surface area contributed by atoms with Crippen LogP contribution < -0.4 is 5.32 Å². The molecule has 1 heterocycles. The lowest BCUT2D eigenvalue weighted by Gasteiger charge is -2.04. The number of hydrogen-bond acceptors (Lipinski definition) is 4. The lowest BCUT2D eigenvalue weighted by Crippen LogP contribution is -2.21. The number of rotatable bonds is 5. The summed E-state index contributed by atoms with van der Waals surface area (Å²) in [5.74, 6) is 0. The van der Waals surface area contributed by atoms with Crippen molar-refractivity contribution in [3.8, 4) is 10.6 Å². The van der Waals surface area contributed by atoms with Crippen molar-refractivity contribution in [3.63, 3.8) is 0 Å². The summed E-state index contributed by atoms with van der Waals surface area (Å²) in [4.78, 5) is 7.07. The van der Waals surface area contributed by atoms with E-state index < -0.39 is 0 Å². The van der Waals surface area contributed by atoms with Gasteiger partial charge < -0.3 is 5.32 Å². The summed E-state index contributed by atoms with van der Waals surface area (Å²) < 4.78 is 0. The molecule has 0 aliphatic heterocycles. The van der Waals surface area contributed by atoms with Gasteiger partial charge in [-0.15, -0.1) is 23.1 Å². The second kappa shape index (κ2) is 6.36. The Hall–Kier alpha value is -0.840. The van der Waals surface area contributed by atoms with Crippen LogP contribution in [0.2, 0.25) is 0 Å². The minimum Gasteiger partial charge on any atom is -0.310 e. The minimum absolute atomic E-state index is 0.511. The summed E-state index contributed by atoms with van der Waals surface area (Å²) in [5, 5.41) is 4.51. The van der Waals surface area contributed by atoms with Gasteiger partial charge in [-0.2, -0.15) is 0 Å². The molecule has 0 atom stereocenters. The van der Waals surface area contributed by atoms with Crippen LogP contribution in [0.5, 0.6) is 0 Å². The van der Waals surface area contributed by atoms with E-state index in [4.69, 9.17) is 0 Å². The molecule has 0 fully saturated rings. The highest BCUT2D eigenvalue weighted by atomic mass is 32.2. The molecule has 2 nitrogen and oxygen atoms in total. The summed E-state index contributed by atoms with van der Waals surface area (Å²) in [6.07, 6.45) is 4.06. The molecule has 2 rings (SSSR count). The van der Waals surface area contributed by atoms with Gasteiger partial charge in [0.2, 0.25) is 0 Å². The molecule has 96 valence electrons. The summed E-state index contributed by atoms with van der Waals surface area (Å²) in [5.41, 5.74) is 1.20. The summed E-state index contributed by atoms with van der Waals surface area (Å²) in [6, 6.07) is 9.09. The van der Waals surface area contributed by atoms with E-state index in [0.717, 1.165) is 11.6 Å². The molecule has 0 saturated carbocycles. The predicted octanol–water partition coefficient (Wildman–Crippen LogP) is 4.03. The zero-order valence-corrected chi connectivity index (χ0v) is 12.6. The number of benzene rings is 1. The van der Waals surface area contributed by atoms with E-state index in [9.17, 15) is 0 Å². The van der Waals surface area contributed by atoms with Crippen LogP contribution in [0, 0.1) is 0 Å². The number of aromatic nitrogens is 1. The van der Waals surface area contributed by atoms with E-state index in [2.05, 4.69) is 54.7 Å². The molecule has 0 spiro atoms. The maximum atomic E-state index is 4.49. The van der Waals surface area contributed by atoms with Crippen LogP contribution in [0.25, 0.3) is 10.6 Å². The average molecular weight is 278 g/mol. The highest BCUT2D eigenvalue weighted by Gasteiger charge is 2.05. The Balaban J connectivity index is 2.08. The van der Waals surface area contributed by atoms with E-state index in [1.54, 1.807) is 23.1 Å². The number of nitrogens with one attached hydrogen (secondary N) is 1. The first kappa shape index (κ1) is 13.6. The zero-order valence-electron chi connectivity index (χ0n) is 10.9. The third kappa shape index (κ3) is 3.57. The van der Waals surface area contributed by atoms with Gasteiger partial charge in [-0.3, -0.25) is 0 Å². The van der Waals surface area contributed by atoms with Crippen molar-refractivity contribution in [2.45, 2.75) is 31.3 Å². The molecule has 1 N–H and O–H groups in total. The van der Waals surface area contributed by atoms with Crippen LogP contribution >= 0.6 is 23.1 Å². The highest BCUT2D eigenvalue weighted by Crippen LogP contribution is 2.27. The van der Waals surface area contributed by atoms with Crippen molar-refractivity contribution in [3.05, 3.63) is 35.3 Å². The lowest BCUT2D eigenvalue weighted by molar-refractivity contribution is 0.593. The van der Waals surface area contributed by atoms with E-state index in [1.807, 2.05) is 6.20 Å². The molecular formula is C14H18N2S2. The fraction of sp³-hybridized carbons (Fsp3) is 0.357. The Kier molecular flexibility index (Phi) is 4.80. The summed E-state index contributed by atoms with van der Waals surface area (Å²) in [6.45, 7) is 5.21. The fourth-order valence-corrected chi connectivity index (χ4v) is 2.84. The SMILES string of the molecule is CSc1ccc(-c2ncc(CNC(C)C)s2)cc1. The fourth-order valence-electron chi connectivity index (χ4n) is 1.56. The number of thiazole rings is 1. The molecule has 0 radical (unpaired) electrons. The lowest BCUT2D eigenvalue weighted by atomic mass is 10.2. The first-order chi connectivity index (χ1) is 8.69. The largest absolute Gasteiger partial charge is 0.310 e. The maximum Gasteiger partial charge on any atom is 0.123 e. The van der Waals surface area contributed by atoms with Gasteiger partial charge in [0.15, 0.2) is 0 Å². The van der Waals surface area contributed by atoms with E-state index >= 15 is 0 Å². The van der Waals surface area contributed by atoms with Gasteiger partial charge in [0.05, 0.1) is 0 Å². The Morgan fingerprint density at radius 3 is 2.61 bits per heavy atom. The van der Waals surface area contributed by atoms with Gasteiger partial charge in [-0.1, -0.05) is 26.0 Å². The second-order valence-corrected chi connectivity index (χ2v) is 6.39. The standard InChI is InChI=1S/C14H18N2S2/c1-10(2)15-8-13-9-16-14(18-13)11-4-6-12(17-3)7-5-11/h4-7,9-10,15H,8H2,1-3H3. The Morgan fingerprint density at radius 1 is 1.28 bits per heavy atom. The molecule has 4 heteroatoms. The average Bonchev–Trinajstić information content (AvgIpc) is 2.85. The third-order valence-electron chi connectivity index (χ3n) is 2.58. The number of hydrogen-bond donors (Lipinski definition) is 1. The summed E-state index contributed by atoms with van der Waals surface area (Å²) >= 11 is 3.52. The first-order valence-electron chi connectivity index (χ1n) is 6.01. The Labute approximate surface area is 117 Å². The second-order valence-electron chi connectivity index (χ2n) is 4.40. The molecule has 18 heavy (non-hydrogen) atoms. The third-order valence-corrected chi connectivity index (χ3v) is 4.37. The van der Waals surface area contributed by atoms with Crippen molar-refractivity contribution < 1.29 is 0 Å². The topological polar surface area (TPSA) is 24.9 Å². The van der Waals surface area contributed by atoms with Crippen LogP contribution in [0.4, 0.5) is 0 Å². The highest BCUT2D eigenvalue weighted by molar-refractivity contribution is 7.98. The molecule has 0 unspecified atom stereocenters. The van der Waals surface area contributed by atoms with Crippen LogP contribution in [0.15, 0.2) is 35.4 Å². The number of nitrogens with zero attached hydrogens (tertiary/aromatic N) is 1. The van der Waals surface area contributed by atoms with E-state index in [0.29, 0.717) is 6.04 Å². The minimum atomic E-state index is 0.511. The van der Waals surface area contributed by atoms with Gasteiger partial charge in [-0.25, -0.2) is 4.98 Å². The summed E-state index contributed by atoms with van der Waals surface area (Å²) in [7, 11) is 0. The van der Waals surface area contributed by atoms with Crippen LogP contribution in [-0.2, 0) is 6.54 Å². The van der Waals surface area contributed by atoms with Crippen molar-refractivity contribution >= 4 is 23.1 Å². The maximum absolute atomic E-state index is 4.49. The first-order valence-corrected chi connectivity index (χ1v) is 8.05. The van der Waals surface area contributed by atoms with Gasteiger partial charge in [-0.05, 0) is 18.4 Å². The molecule has 1 aromatic carbocycles. The van der Waals surface area contributed by atoms with Gasteiger partial charge in [0.1, 0.15) is 5.01 Å². The van der Waals surface area contributed by atoms with Crippen LogP contribution in [0.3, 0.4) is 0 Å². The molecule has 2 aromatic rings. The van der Waals surface area contributed by atoms with Gasteiger partial charge in [0.25, 0.3) is 0 Å². The van der Waals surface area contributed by atoms with Crippen molar-refractivity contribution in [2.24, 2.45) is 0 Å². The smallest absolute Gasteiger partial charge is 0.123 e. The van der Waals surface area contributed by atoms with Crippen molar-refractivity contribution in [1.29, 1.82) is 0 Å². The van der Waals surface area contributed by atoms with E-state index in [1.165, 1.54) is 15.3 Å². The normalized spacial score (nSPS) is 11.1. The van der Waals surface area contributed by atoms with E-state index in [-0.39, 0.29) is 0 Å².